The quantitative estimate of drug-likeness (QED) is 0.518. The molecule has 2 aliphatic rings. The van der Waals surface area contributed by atoms with E-state index in [0.29, 0.717) is 19.3 Å². The minimum Gasteiger partial charge on any atom is -0.481 e. The number of carboxylic acids is 1. The lowest BCUT2D eigenvalue weighted by Crippen LogP contribution is -2.42. The molecule has 0 spiro atoms. The molecule has 1 fully saturated rings. The van der Waals surface area contributed by atoms with Crippen LogP contribution in [0.4, 0.5) is 10.5 Å². The monoisotopic (exact) mass is 491 g/mol. The third kappa shape index (κ3) is 4.34. The Labute approximate surface area is 210 Å². The Morgan fingerprint density at radius 3 is 2.47 bits per heavy atom. The van der Waals surface area contributed by atoms with Gasteiger partial charge in [0.1, 0.15) is 5.82 Å². The Balaban J connectivity index is 1.59. The van der Waals surface area contributed by atoms with E-state index in [1.807, 2.05) is 49.4 Å². The predicted molar refractivity (Wildman–Crippen MR) is 136 cm³/mol. The van der Waals surface area contributed by atoms with Gasteiger partial charge >= 0.3 is 12.1 Å². The summed E-state index contributed by atoms with van der Waals surface area (Å²) in [7, 11) is 1.40. The van der Waals surface area contributed by atoms with Crippen molar-refractivity contribution in [2.45, 2.75) is 70.1 Å². The van der Waals surface area contributed by atoms with E-state index in [2.05, 4.69) is 4.57 Å². The van der Waals surface area contributed by atoms with Gasteiger partial charge in [0, 0.05) is 24.1 Å². The molecule has 1 amide bonds. The fourth-order valence-corrected chi connectivity index (χ4v) is 5.92. The van der Waals surface area contributed by atoms with E-state index < -0.39 is 12.1 Å². The Morgan fingerprint density at radius 2 is 1.81 bits per heavy atom. The maximum absolute atomic E-state index is 12.6. The fourth-order valence-electron chi connectivity index (χ4n) is 5.92. The number of carbonyl (C=O) groups excluding carboxylic acids is 1. The molecule has 190 valence electrons. The summed E-state index contributed by atoms with van der Waals surface area (Å²) in [5.74, 6) is -0.247. The molecule has 5 rings (SSSR count). The predicted octanol–water partition coefficient (Wildman–Crippen LogP) is 5.04. The number of hydrogen-bond donors (Lipinski definition) is 2. The Hall–Kier alpha value is -3.39. The first-order valence-electron chi connectivity index (χ1n) is 12.7. The summed E-state index contributed by atoms with van der Waals surface area (Å²) in [6.07, 6.45) is 3.61. The van der Waals surface area contributed by atoms with Gasteiger partial charge in [0.25, 0.3) is 0 Å². The molecule has 0 bridgehead atoms. The lowest BCUT2D eigenvalue weighted by Gasteiger charge is -2.34. The highest BCUT2D eigenvalue weighted by molar-refractivity contribution is 5.95. The first-order valence-corrected chi connectivity index (χ1v) is 12.7. The van der Waals surface area contributed by atoms with Crippen molar-refractivity contribution in [3.63, 3.8) is 0 Å². The van der Waals surface area contributed by atoms with Gasteiger partial charge in [-0.3, -0.25) is 9.69 Å². The number of aromatic nitrogens is 2. The van der Waals surface area contributed by atoms with Crippen LogP contribution in [0.3, 0.4) is 0 Å². The number of aryl methyl sites for hydroxylation is 1. The van der Waals surface area contributed by atoms with Crippen molar-refractivity contribution in [3.05, 3.63) is 59.4 Å². The molecular weight excluding hydrogens is 458 g/mol. The molecule has 2 heterocycles. The van der Waals surface area contributed by atoms with E-state index in [1.165, 1.54) is 7.11 Å². The number of carboxylic acid groups (broad SMARTS) is 1. The van der Waals surface area contributed by atoms with Crippen LogP contribution in [0, 0.1) is 5.92 Å². The molecule has 1 aliphatic heterocycles. The largest absolute Gasteiger partial charge is 0.481 e. The summed E-state index contributed by atoms with van der Waals surface area (Å²) >= 11 is 0. The summed E-state index contributed by atoms with van der Waals surface area (Å²) in [5, 5.41) is 20.5. The Morgan fingerprint density at radius 1 is 1.08 bits per heavy atom. The number of anilines is 1. The van der Waals surface area contributed by atoms with E-state index in [1.54, 1.807) is 4.90 Å². The zero-order valence-corrected chi connectivity index (χ0v) is 20.8. The number of fused-ring (bicyclic) bond motifs is 3. The van der Waals surface area contributed by atoms with Gasteiger partial charge in [-0.2, -0.15) is 0 Å². The second-order valence-electron chi connectivity index (χ2n) is 10.0. The van der Waals surface area contributed by atoms with Crippen LogP contribution in [0.2, 0.25) is 0 Å². The van der Waals surface area contributed by atoms with Crippen LogP contribution in [-0.2, 0) is 22.4 Å². The maximum atomic E-state index is 12.6. The molecule has 8 heteroatoms. The highest BCUT2D eigenvalue weighted by Gasteiger charge is 2.34. The molecule has 1 unspecified atom stereocenters. The number of imidazole rings is 1. The Kier molecular flexibility index (Phi) is 6.71. The molecule has 36 heavy (non-hydrogen) atoms. The number of nitrogens with zero attached hydrogens (tertiary/aromatic N) is 3. The smallest absolute Gasteiger partial charge is 0.414 e. The van der Waals surface area contributed by atoms with Crippen molar-refractivity contribution < 1.29 is 24.5 Å². The van der Waals surface area contributed by atoms with Gasteiger partial charge < -0.3 is 19.5 Å². The van der Waals surface area contributed by atoms with Crippen LogP contribution in [0.5, 0.6) is 0 Å². The molecule has 8 nitrogen and oxygen atoms in total. The third-order valence-corrected chi connectivity index (χ3v) is 7.87. The van der Waals surface area contributed by atoms with Crippen molar-refractivity contribution in [1.29, 1.82) is 0 Å². The summed E-state index contributed by atoms with van der Waals surface area (Å²) in [5.41, 5.74) is 4.50. The first kappa shape index (κ1) is 24.3. The van der Waals surface area contributed by atoms with Crippen LogP contribution in [0.1, 0.15) is 68.1 Å². The summed E-state index contributed by atoms with van der Waals surface area (Å²) < 4.78 is 7.29. The van der Waals surface area contributed by atoms with Gasteiger partial charge in [-0.1, -0.05) is 30.3 Å². The van der Waals surface area contributed by atoms with E-state index in [0.717, 1.165) is 59.4 Å². The number of aliphatic carboxylic acids is 1. The number of hydrogen-bond acceptors (Lipinski definition) is 5. The van der Waals surface area contributed by atoms with Gasteiger partial charge in [-0.15, -0.1) is 0 Å². The summed E-state index contributed by atoms with van der Waals surface area (Å²) in [4.78, 5) is 30.9. The molecule has 2 atom stereocenters. The topological polar surface area (TPSA) is 105 Å². The standard InChI is InChI=1S/C28H33N3O5/c1-17-8-13-21-22(30(17)28(35)36-2)14-15-23-26(21)29-25(16-24(32)18-6-4-3-5-7-18)31(23)20-11-9-19(10-12-20)27(33)34/h3-7,14-15,17,19-20,24,32H,8-13,16H2,1-2H3,(H,33,34)/t17-,19?,20?,24?/m0/s1. The SMILES string of the molecule is COC(=O)N1c2ccc3c(nc(CC(O)c4ccccc4)n3C3CCC(C(=O)O)CC3)c2CC[C@@H]1C. The van der Waals surface area contributed by atoms with Gasteiger partial charge in [-0.05, 0) is 63.1 Å². The lowest BCUT2D eigenvalue weighted by molar-refractivity contribution is -0.143. The van der Waals surface area contributed by atoms with Crippen LogP contribution < -0.4 is 4.90 Å². The van der Waals surface area contributed by atoms with Crippen molar-refractivity contribution in [3.8, 4) is 0 Å². The molecule has 3 aromatic rings. The first-order chi connectivity index (χ1) is 17.4. The minimum absolute atomic E-state index is 0.0233. The van der Waals surface area contributed by atoms with E-state index in [9.17, 15) is 19.8 Å². The second-order valence-corrected chi connectivity index (χ2v) is 10.0. The normalized spacial score (nSPS) is 22.8. The number of methoxy groups -OCH3 is 1. The van der Waals surface area contributed by atoms with Crippen LogP contribution in [0.25, 0.3) is 11.0 Å². The van der Waals surface area contributed by atoms with Crippen LogP contribution >= 0.6 is 0 Å². The highest BCUT2D eigenvalue weighted by atomic mass is 16.5. The van der Waals surface area contributed by atoms with Crippen molar-refractivity contribution in [2.24, 2.45) is 5.92 Å². The summed E-state index contributed by atoms with van der Waals surface area (Å²) in [6, 6.07) is 13.7. The molecular formula is C28H33N3O5. The molecule has 0 saturated heterocycles. The average molecular weight is 492 g/mol. The molecule has 2 N–H and O–H groups in total. The Bertz CT molecular complexity index is 1260. The van der Waals surface area contributed by atoms with E-state index in [4.69, 9.17) is 9.72 Å². The molecule has 1 aromatic heterocycles. The molecule has 2 aromatic carbocycles. The molecule has 1 saturated carbocycles. The zero-order valence-electron chi connectivity index (χ0n) is 20.8. The van der Waals surface area contributed by atoms with Gasteiger partial charge in [-0.25, -0.2) is 9.78 Å². The molecule has 0 radical (unpaired) electrons. The average Bonchev–Trinajstić information content (AvgIpc) is 3.26. The number of aliphatic hydroxyl groups is 1. The van der Waals surface area contributed by atoms with E-state index >= 15 is 0 Å². The van der Waals surface area contributed by atoms with Crippen molar-refractivity contribution in [1.82, 2.24) is 9.55 Å². The van der Waals surface area contributed by atoms with Gasteiger partial charge in [0.15, 0.2) is 0 Å². The van der Waals surface area contributed by atoms with Crippen LogP contribution in [0.15, 0.2) is 42.5 Å². The number of rotatable bonds is 5. The van der Waals surface area contributed by atoms with Gasteiger partial charge in [0.05, 0.1) is 35.9 Å². The lowest BCUT2D eigenvalue weighted by atomic mass is 9.85. The number of amides is 1. The van der Waals surface area contributed by atoms with Crippen LogP contribution in [-0.4, -0.2) is 45.0 Å². The van der Waals surface area contributed by atoms with Crippen molar-refractivity contribution in [2.75, 3.05) is 12.0 Å². The minimum atomic E-state index is -0.727. The number of carbonyl (C=O) groups is 2. The number of benzene rings is 2. The van der Waals surface area contributed by atoms with Crippen molar-refractivity contribution >= 4 is 28.8 Å². The zero-order chi connectivity index (χ0) is 25.4. The van der Waals surface area contributed by atoms with Gasteiger partial charge in [0.2, 0.25) is 0 Å². The molecule has 1 aliphatic carbocycles. The highest BCUT2D eigenvalue weighted by Crippen LogP contribution is 2.41. The fraction of sp³-hybridized carbons (Fsp3) is 0.464. The van der Waals surface area contributed by atoms with E-state index in [-0.39, 0.29) is 24.1 Å². The summed E-state index contributed by atoms with van der Waals surface area (Å²) in [6.45, 7) is 2.02. The maximum Gasteiger partial charge on any atom is 0.414 e. The number of ether oxygens (including phenoxy) is 1. The number of aliphatic hydroxyl groups excluding tert-OH is 1. The second kappa shape index (κ2) is 9.93. The third-order valence-electron chi connectivity index (χ3n) is 7.87.